The molecular formula is C7H10N2O2S. The van der Waals surface area contributed by atoms with Crippen molar-refractivity contribution in [2.75, 3.05) is 13.4 Å². The molecule has 1 unspecified atom stereocenters. The van der Waals surface area contributed by atoms with Crippen molar-refractivity contribution < 1.29 is 9.53 Å². The van der Waals surface area contributed by atoms with E-state index in [1.54, 1.807) is 0 Å². The second kappa shape index (κ2) is 3.73. The molecule has 0 aliphatic carbocycles. The lowest BCUT2D eigenvalue weighted by molar-refractivity contribution is -0.127. The molecule has 0 fully saturated rings. The topological polar surface area (TPSA) is 50.7 Å². The maximum Gasteiger partial charge on any atom is 0.261 e. The Kier molecular flexibility index (Phi) is 2.88. The molecule has 0 aromatic rings. The molecule has 1 N–H and O–H groups in total. The van der Waals surface area contributed by atoms with E-state index < -0.39 is 6.10 Å². The zero-order chi connectivity index (χ0) is 9.14. The number of nitrogens with zero attached hydrogens (tertiary/aromatic N) is 1. The van der Waals surface area contributed by atoms with Gasteiger partial charge in [0.05, 0.1) is 5.70 Å². The van der Waals surface area contributed by atoms with E-state index in [1.165, 1.54) is 18.9 Å². The molecule has 0 saturated heterocycles. The number of rotatable bonds is 1. The number of amides is 1. The standard InChI is InChI=1S/C7H10N2O2S/c1-4-5(11-2)6(10)9-7(8-4)12-3/h5H,1H2,2-3H3,(H,8,9,10). The molecule has 1 aliphatic heterocycles. The van der Waals surface area contributed by atoms with Gasteiger partial charge in [0.25, 0.3) is 5.91 Å². The van der Waals surface area contributed by atoms with E-state index in [0.29, 0.717) is 10.9 Å². The summed E-state index contributed by atoms with van der Waals surface area (Å²) in [4.78, 5) is 15.2. The molecule has 1 atom stereocenters. The van der Waals surface area contributed by atoms with Gasteiger partial charge in [-0.05, 0) is 6.26 Å². The van der Waals surface area contributed by atoms with Gasteiger partial charge in [-0.3, -0.25) is 4.79 Å². The average molecular weight is 186 g/mol. The SMILES string of the molecule is C=C1N=C(SC)NC(=O)C1OC. The number of carbonyl (C=O) groups is 1. The largest absolute Gasteiger partial charge is 0.365 e. The fourth-order valence-corrected chi connectivity index (χ4v) is 1.29. The number of amidine groups is 1. The third-order valence-corrected chi connectivity index (χ3v) is 2.03. The van der Waals surface area contributed by atoms with Gasteiger partial charge in [-0.15, -0.1) is 0 Å². The van der Waals surface area contributed by atoms with Crippen LogP contribution in [0, 0.1) is 0 Å². The van der Waals surface area contributed by atoms with Crippen LogP contribution in [0.4, 0.5) is 0 Å². The Bertz CT molecular complexity index is 250. The lowest BCUT2D eigenvalue weighted by atomic mass is 10.2. The molecule has 0 bridgehead atoms. The van der Waals surface area contributed by atoms with Crippen LogP contribution in [0.5, 0.6) is 0 Å². The number of methoxy groups -OCH3 is 1. The molecule has 1 aliphatic rings. The number of ether oxygens (including phenoxy) is 1. The molecule has 12 heavy (non-hydrogen) atoms. The summed E-state index contributed by atoms with van der Waals surface area (Å²) in [6, 6.07) is 0. The Balaban J connectivity index is 2.83. The van der Waals surface area contributed by atoms with Crippen LogP contribution in [-0.4, -0.2) is 30.5 Å². The molecule has 0 aromatic heterocycles. The molecular weight excluding hydrogens is 176 g/mol. The lowest BCUT2D eigenvalue weighted by Gasteiger charge is -2.20. The van der Waals surface area contributed by atoms with Crippen molar-refractivity contribution >= 4 is 22.8 Å². The van der Waals surface area contributed by atoms with Gasteiger partial charge in [-0.1, -0.05) is 18.3 Å². The van der Waals surface area contributed by atoms with Gasteiger partial charge in [0.1, 0.15) is 0 Å². The van der Waals surface area contributed by atoms with Crippen LogP contribution in [0.2, 0.25) is 0 Å². The van der Waals surface area contributed by atoms with Crippen LogP contribution in [0.3, 0.4) is 0 Å². The van der Waals surface area contributed by atoms with Crippen molar-refractivity contribution in [2.24, 2.45) is 4.99 Å². The van der Waals surface area contributed by atoms with Gasteiger partial charge >= 0.3 is 0 Å². The molecule has 0 saturated carbocycles. The van der Waals surface area contributed by atoms with Crippen LogP contribution in [0.15, 0.2) is 17.3 Å². The predicted molar refractivity (Wildman–Crippen MR) is 49.0 cm³/mol. The number of carbonyl (C=O) groups excluding carboxylic acids is 1. The summed E-state index contributed by atoms with van der Waals surface area (Å²) in [7, 11) is 1.45. The van der Waals surface area contributed by atoms with Gasteiger partial charge in [-0.2, -0.15) is 0 Å². The zero-order valence-corrected chi connectivity index (χ0v) is 7.77. The van der Waals surface area contributed by atoms with E-state index in [1.807, 2.05) is 6.26 Å². The smallest absolute Gasteiger partial charge is 0.261 e. The summed E-state index contributed by atoms with van der Waals surface area (Å²) in [6.45, 7) is 3.63. The van der Waals surface area contributed by atoms with Crippen molar-refractivity contribution in [3.8, 4) is 0 Å². The number of nitrogens with one attached hydrogen (secondary N) is 1. The normalized spacial score (nSPS) is 23.5. The Labute approximate surface area is 75.1 Å². The summed E-state index contributed by atoms with van der Waals surface area (Å²) in [5, 5.41) is 3.15. The van der Waals surface area contributed by atoms with E-state index in [2.05, 4.69) is 16.9 Å². The highest BCUT2D eigenvalue weighted by atomic mass is 32.2. The second-order valence-corrected chi connectivity index (χ2v) is 3.01. The molecule has 1 heterocycles. The van der Waals surface area contributed by atoms with E-state index in [-0.39, 0.29) is 5.91 Å². The highest BCUT2D eigenvalue weighted by Gasteiger charge is 2.26. The first-order valence-electron chi connectivity index (χ1n) is 3.34. The summed E-state index contributed by atoms with van der Waals surface area (Å²) >= 11 is 1.37. The van der Waals surface area contributed by atoms with Gasteiger partial charge < -0.3 is 10.1 Å². The van der Waals surface area contributed by atoms with Crippen LogP contribution in [-0.2, 0) is 9.53 Å². The maximum atomic E-state index is 11.2. The van der Waals surface area contributed by atoms with Crippen molar-refractivity contribution in [1.29, 1.82) is 0 Å². The van der Waals surface area contributed by atoms with Gasteiger partial charge in [-0.25, -0.2) is 4.99 Å². The van der Waals surface area contributed by atoms with Crippen molar-refractivity contribution in [2.45, 2.75) is 6.10 Å². The number of hydrogen-bond donors (Lipinski definition) is 1. The van der Waals surface area contributed by atoms with E-state index in [9.17, 15) is 4.79 Å². The first-order valence-corrected chi connectivity index (χ1v) is 4.56. The molecule has 1 amide bonds. The molecule has 4 nitrogen and oxygen atoms in total. The Morgan fingerprint density at radius 3 is 2.83 bits per heavy atom. The number of aliphatic imine (C=N–C) groups is 1. The average Bonchev–Trinajstić information content (AvgIpc) is 2.03. The molecule has 5 heteroatoms. The number of thioether (sulfide) groups is 1. The van der Waals surface area contributed by atoms with Crippen LogP contribution < -0.4 is 5.32 Å². The Hall–Kier alpha value is -0.810. The minimum Gasteiger partial charge on any atom is -0.365 e. The second-order valence-electron chi connectivity index (χ2n) is 2.22. The molecule has 0 radical (unpaired) electrons. The van der Waals surface area contributed by atoms with Gasteiger partial charge in [0.15, 0.2) is 11.3 Å². The van der Waals surface area contributed by atoms with E-state index in [4.69, 9.17) is 4.74 Å². The Morgan fingerprint density at radius 1 is 1.75 bits per heavy atom. The third kappa shape index (κ3) is 1.67. The monoisotopic (exact) mass is 186 g/mol. The van der Waals surface area contributed by atoms with Crippen molar-refractivity contribution in [3.05, 3.63) is 12.3 Å². The quantitative estimate of drug-likeness (QED) is 0.643. The fourth-order valence-electron chi connectivity index (χ4n) is 0.879. The highest BCUT2D eigenvalue weighted by Crippen LogP contribution is 2.13. The predicted octanol–water partition coefficient (Wildman–Crippen LogP) is 0.364. The van der Waals surface area contributed by atoms with Crippen molar-refractivity contribution in [1.82, 2.24) is 5.32 Å². The maximum absolute atomic E-state index is 11.2. The van der Waals surface area contributed by atoms with Gasteiger partial charge in [0, 0.05) is 7.11 Å². The van der Waals surface area contributed by atoms with Crippen molar-refractivity contribution in [3.63, 3.8) is 0 Å². The van der Waals surface area contributed by atoms with Crippen LogP contribution in [0.25, 0.3) is 0 Å². The molecule has 1 rings (SSSR count). The first-order chi connectivity index (χ1) is 5.69. The highest BCUT2D eigenvalue weighted by molar-refractivity contribution is 8.13. The van der Waals surface area contributed by atoms with Crippen LogP contribution >= 0.6 is 11.8 Å². The summed E-state index contributed by atoms with van der Waals surface area (Å²) in [6.07, 6.45) is 1.19. The van der Waals surface area contributed by atoms with Crippen LogP contribution in [0.1, 0.15) is 0 Å². The minimum atomic E-state index is -0.638. The van der Waals surface area contributed by atoms with Gasteiger partial charge in [0.2, 0.25) is 0 Å². The molecule has 0 spiro atoms. The number of hydrogen-bond acceptors (Lipinski definition) is 4. The molecule has 66 valence electrons. The third-order valence-electron chi connectivity index (χ3n) is 1.45. The molecule has 0 aromatic carbocycles. The minimum absolute atomic E-state index is 0.207. The Morgan fingerprint density at radius 2 is 2.42 bits per heavy atom. The van der Waals surface area contributed by atoms with E-state index in [0.717, 1.165) is 0 Å². The fraction of sp³-hybridized carbons (Fsp3) is 0.429. The first kappa shape index (κ1) is 9.28. The van der Waals surface area contributed by atoms with E-state index >= 15 is 0 Å². The summed E-state index contributed by atoms with van der Waals surface area (Å²) < 4.78 is 4.88. The summed E-state index contributed by atoms with van der Waals surface area (Å²) in [5.41, 5.74) is 0.450. The zero-order valence-electron chi connectivity index (χ0n) is 6.96. The lowest BCUT2D eigenvalue weighted by Crippen LogP contribution is -2.43. The summed E-state index contributed by atoms with van der Waals surface area (Å²) in [5.74, 6) is -0.207.